The van der Waals surface area contributed by atoms with Crippen LogP contribution in [0.1, 0.15) is 29.7 Å². The lowest BCUT2D eigenvalue weighted by molar-refractivity contribution is 0.160. The van der Waals surface area contributed by atoms with Crippen molar-refractivity contribution >= 4 is 23.7 Å². The molecule has 0 aliphatic carbocycles. The fourth-order valence-corrected chi connectivity index (χ4v) is 3.97. The van der Waals surface area contributed by atoms with Crippen molar-refractivity contribution in [1.29, 1.82) is 0 Å². The van der Waals surface area contributed by atoms with Crippen molar-refractivity contribution in [1.82, 2.24) is 4.90 Å². The van der Waals surface area contributed by atoms with Crippen molar-refractivity contribution in [2.75, 3.05) is 27.2 Å². The molecule has 2 atom stereocenters. The van der Waals surface area contributed by atoms with Crippen LogP contribution in [0.25, 0.3) is 0 Å². The highest BCUT2D eigenvalue weighted by molar-refractivity contribution is 7.09. The van der Waals surface area contributed by atoms with E-state index in [1.807, 2.05) is 23.5 Å². The Morgan fingerprint density at radius 3 is 2.88 bits per heavy atom. The summed E-state index contributed by atoms with van der Waals surface area (Å²) in [5, 5.41) is 2.15. The Bertz CT molecular complexity index is 632. The molecule has 24 heavy (non-hydrogen) atoms. The van der Waals surface area contributed by atoms with E-state index in [1.54, 1.807) is 7.11 Å². The van der Waals surface area contributed by atoms with Gasteiger partial charge < -0.3 is 14.4 Å². The minimum Gasteiger partial charge on any atom is -0.497 e. The third-order valence-corrected chi connectivity index (χ3v) is 5.39. The Balaban J connectivity index is 0.00000208. The smallest absolute Gasteiger partial charge is 0.126 e. The molecule has 0 radical (unpaired) electrons. The third-order valence-electron chi connectivity index (χ3n) is 4.46. The lowest BCUT2D eigenvalue weighted by Gasteiger charge is -2.33. The maximum Gasteiger partial charge on any atom is 0.126 e. The number of benzene rings is 1. The maximum absolute atomic E-state index is 6.01. The monoisotopic (exact) mass is 367 g/mol. The molecule has 2 unspecified atom stereocenters. The van der Waals surface area contributed by atoms with Crippen LogP contribution in [-0.2, 0) is 6.42 Å². The van der Waals surface area contributed by atoms with Gasteiger partial charge in [0.25, 0.3) is 0 Å². The molecular weight excluding hydrogens is 342 g/mol. The first-order valence-electron chi connectivity index (χ1n) is 8.21. The normalized spacial score (nSPS) is 19.3. The molecule has 1 aromatic heterocycles. The Morgan fingerprint density at radius 1 is 1.33 bits per heavy atom. The zero-order valence-electron chi connectivity index (χ0n) is 14.5. The summed E-state index contributed by atoms with van der Waals surface area (Å²) < 4.78 is 11.3. The number of rotatable bonds is 6. The van der Waals surface area contributed by atoms with Gasteiger partial charge in [0, 0.05) is 30.0 Å². The lowest BCUT2D eigenvalue weighted by atomic mass is 9.89. The highest BCUT2D eigenvalue weighted by Crippen LogP contribution is 2.38. The molecule has 0 spiro atoms. The van der Waals surface area contributed by atoms with Gasteiger partial charge in [0.1, 0.15) is 11.5 Å². The zero-order valence-corrected chi connectivity index (χ0v) is 16.2. The number of ether oxygens (including phenoxy) is 2. The van der Waals surface area contributed by atoms with Crippen molar-refractivity contribution in [2.24, 2.45) is 0 Å². The van der Waals surface area contributed by atoms with Crippen molar-refractivity contribution in [3.63, 3.8) is 0 Å². The number of fused-ring (bicyclic) bond motifs is 1. The first-order chi connectivity index (χ1) is 11.2. The number of likely N-dealkylation sites (N-methyl/N-ethyl adjacent to an activating group) is 1. The quantitative estimate of drug-likeness (QED) is 0.744. The van der Waals surface area contributed by atoms with Crippen LogP contribution in [0.15, 0.2) is 35.7 Å². The Morgan fingerprint density at radius 2 is 2.17 bits per heavy atom. The van der Waals surface area contributed by atoms with Crippen molar-refractivity contribution < 1.29 is 9.47 Å². The van der Waals surface area contributed by atoms with Crippen molar-refractivity contribution in [3.05, 3.63) is 46.2 Å². The second-order valence-electron chi connectivity index (χ2n) is 6.36. The number of thiophene rings is 1. The van der Waals surface area contributed by atoms with E-state index in [0.717, 1.165) is 37.4 Å². The van der Waals surface area contributed by atoms with Crippen LogP contribution in [0, 0.1) is 0 Å². The summed E-state index contributed by atoms with van der Waals surface area (Å²) in [6.45, 7) is 4.32. The highest BCUT2D eigenvalue weighted by Gasteiger charge is 2.27. The molecule has 3 rings (SSSR count). The molecule has 0 amide bonds. The molecule has 0 saturated heterocycles. The summed E-state index contributed by atoms with van der Waals surface area (Å²) >= 11 is 1.84. The summed E-state index contributed by atoms with van der Waals surface area (Å²) in [5.74, 6) is 2.37. The number of methoxy groups -OCH3 is 1. The van der Waals surface area contributed by atoms with E-state index in [2.05, 4.69) is 42.5 Å². The molecule has 0 N–H and O–H groups in total. The molecule has 1 aliphatic rings. The van der Waals surface area contributed by atoms with E-state index in [4.69, 9.17) is 9.47 Å². The van der Waals surface area contributed by atoms with Gasteiger partial charge in [-0.2, -0.15) is 0 Å². The van der Waals surface area contributed by atoms with Crippen LogP contribution in [0.4, 0.5) is 0 Å². The SMILES string of the molecule is COc1ccc2c(c1)OC(C)CC2CN(C)CCc1cccs1.Cl. The van der Waals surface area contributed by atoms with E-state index in [9.17, 15) is 0 Å². The van der Waals surface area contributed by atoms with E-state index < -0.39 is 0 Å². The molecule has 5 heteroatoms. The van der Waals surface area contributed by atoms with Gasteiger partial charge >= 0.3 is 0 Å². The van der Waals surface area contributed by atoms with Gasteiger partial charge in [0.05, 0.1) is 13.2 Å². The Kier molecular flexibility index (Phi) is 6.96. The number of hydrogen-bond acceptors (Lipinski definition) is 4. The standard InChI is InChI=1S/C19H25NO2S.ClH/c1-14-11-15(13-20(2)9-8-17-5-4-10-23-17)18-7-6-16(21-3)12-19(18)22-14;/h4-7,10,12,14-15H,8-9,11,13H2,1-3H3;1H. The summed E-state index contributed by atoms with van der Waals surface area (Å²) in [7, 11) is 3.92. The van der Waals surface area contributed by atoms with Crippen LogP contribution in [0.3, 0.4) is 0 Å². The van der Waals surface area contributed by atoms with Crippen LogP contribution in [0.2, 0.25) is 0 Å². The van der Waals surface area contributed by atoms with Gasteiger partial charge in [-0.25, -0.2) is 0 Å². The lowest BCUT2D eigenvalue weighted by Crippen LogP contribution is -2.32. The van der Waals surface area contributed by atoms with E-state index in [-0.39, 0.29) is 18.5 Å². The summed E-state index contributed by atoms with van der Waals surface area (Å²) in [6.07, 6.45) is 2.45. The predicted molar refractivity (Wildman–Crippen MR) is 103 cm³/mol. The molecule has 0 bridgehead atoms. The van der Waals surface area contributed by atoms with Gasteiger partial charge in [0.15, 0.2) is 0 Å². The van der Waals surface area contributed by atoms with Gasteiger partial charge in [-0.05, 0) is 49.9 Å². The van der Waals surface area contributed by atoms with Crippen LogP contribution >= 0.6 is 23.7 Å². The van der Waals surface area contributed by atoms with Gasteiger partial charge in [-0.15, -0.1) is 23.7 Å². The molecule has 0 saturated carbocycles. The minimum atomic E-state index is 0. The fourth-order valence-electron chi connectivity index (χ4n) is 3.27. The first-order valence-corrected chi connectivity index (χ1v) is 9.09. The number of nitrogens with zero attached hydrogens (tertiary/aromatic N) is 1. The molecule has 0 fully saturated rings. The second-order valence-corrected chi connectivity index (χ2v) is 7.39. The topological polar surface area (TPSA) is 21.7 Å². The Hall–Kier alpha value is -1.23. The largest absolute Gasteiger partial charge is 0.497 e. The number of hydrogen-bond donors (Lipinski definition) is 0. The zero-order chi connectivity index (χ0) is 16.2. The predicted octanol–water partition coefficient (Wildman–Crippen LogP) is 4.61. The maximum atomic E-state index is 6.01. The first kappa shape index (κ1) is 19.1. The average Bonchev–Trinajstić information content (AvgIpc) is 3.05. The van der Waals surface area contributed by atoms with Crippen LogP contribution < -0.4 is 9.47 Å². The Labute approximate surface area is 155 Å². The number of halogens is 1. The molecular formula is C19H26ClNO2S. The summed E-state index contributed by atoms with van der Waals surface area (Å²) in [5.41, 5.74) is 1.31. The molecule has 132 valence electrons. The molecule has 1 aliphatic heterocycles. The average molecular weight is 368 g/mol. The van der Waals surface area contributed by atoms with Gasteiger partial charge in [-0.3, -0.25) is 0 Å². The van der Waals surface area contributed by atoms with E-state index in [1.165, 1.54) is 10.4 Å². The van der Waals surface area contributed by atoms with E-state index >= 15 is 0 Å². The van der Waals surface area contributed by atoms with Gasteiger partial charge in [0.2, 0.25) is 0 Å². The van der Waals surface area contributed by atoms with Crippen LogP contribution in [0.5, 0.6) is 11.5 Å². The molecule has 2 aromatic rings. The van der Waals surface area contributed by atoms with E-state index in [0.29, 0.717) is 5.92 Å². The van der Waals surface area contributed by atoms with Crippen molar-refractivity contribution in [3.8, 4) is 11.5 Å². The van der Waals surface area contributed by atoms with Crippen LogP contribution in [-0.4, -0.2) is 38.3 Å². The molecule has 1 aromatic carbocycles. The van der Waals surface area contributed by atoms with Crippen molar-refractivity contribution in [2.45, 2.75) is 31.8 Å². The second kappa shape index (κ2) is 8.75. The molecule has 2 heterocycles. The fraction of sp³-hybridized carbons (Fsp3) is 0.474. The highest BCUT2D eigenvalue weighted by atomic mass is 35.5. The summed E-state index contributed by atoms with van der Waals surface area (Å²) in [4.78, 5) is 3.90. The summed E-state index contributed by atoms with van der Waals surface area (Å²) in [6, 6.07) is 10.6. The molecule has 3 nitrogen and oxygen atoms in total. The minimum absolute atomic E-state index is 0. The van der Waals surface area contributed by atoms with Gasteiger partial charge in [-0.1, -0.05) is 12.1 Å². The third kappa shape index (κ3) is 4.65.